The van der Waals surface area contributed by atoms with Gasteiger partial charge in [0, 0.05) is 29.3 Å². The van der Waals surface area contributed by atoms with Crippen LogP contribution in [0.1, 0.15) is 11.1 Å². The molecule has 1 aliphatic heterocycles. The van der Waals surface area contributed by atoms with Crippen molar-refractivity contribution in [3.05, 3.63) is 59.9 Å². The Labute approximate surface area is 110 Å². The molecule has 19 heavy (non-hydrogen) atoms. The van der Waals surface area contributed by atoms with Crippen molar-refractivity contribution in [2.24, 2.45) is 0 Å². The Balaban J connectivity index is 2.01. The largest absolute Gasteiger partial charge is 0.354 e. The van der Waals surface area contributed by atoms with Crippen LogP contribution in [0.4, 0.5) is 11.4 Å². The molecule has 1 N–H and O–H groups in total. The molecule has 0 saturated heterocycles. The van der Waals surface area contributed by atoms with Crippen LogP contribution in [0.25, 0.3) is 23.2 Å². The summed E-state index contributed by atoms with van der Waals surface area (Å²) < 4.78 is 0. The maximum atomic E-state index is 4.45. The van der Waals surface area contributed by atoms with E-state index < -0.39 is 0 Å². The second kappa shape index (κ2) is 3.92. The van der Waals surface area contributed by atoms with Gasteiger partial charge in [0.2, 0.25) is 0 Å². The first-order chi connectivity index (χ1) is 9.42. The van der Waals surface area contributed by atoms with Crippen molar-refractivity contribution in [1.82, 2.24) is 9.97 Å². The summed E-state index contributed by atoms with van der Waals surface area (Å²) in [6.45, 7) is 0. The van der Waals surface area contributed by atoms with Crippen LogP contribution in [0.15, 0.2) is 48.8 Å². The summed E-state index contributed by atoms with van der Waals surface area (Å²) in [5.74, 6) is 0. The fourth-order valence-electron chi connectivity index (χ4n) is 2.41. The van der Waals surface area contributed by atoms with Gasteiger partial charge in [-0.05, 0) is 29.8 Å². The van der Waals surface area contributed by atoms with E-state index in [4.69, 9.17) is 0 Å². The minimum atomic E-state index is 0.915. The summed E-state index contributed by atoms with van der Waals surface area (Å²) in [5, 5.41) is 3.46. The van der Waals surface area contributed by atoms with Gasteiger partial charge in [0.1, 0.15) is 0 Å². The molecule has 3 heteroatoms. The molecule has 0 atom stereocenters. The zero-order chi connectivity index (χ0) is 12.7. The highest BCUT2D eigenvalue weighted by molar-refractivity contribution is 5.97. The smallest absolute Gasteiger partial charge is 0.0979 e. The lowest BCUT2D eigenvalue weighted by molar-refractivity contribution is 1.29. The Morgan fingerprint density at radius 1 is 0.789 bits per heavy atom. The molecule has 3 aromatic rings. The lowest BCUT2D eigenvalue weighted by atomic mass is 10.1. The van der Waals surface area contributed by atoms with E-state index >= 15 is 0 Å². The van der Waals surface area contributed by atoms with Crippen LogP contribution in [0.3, 0.4) is 0 Å². The van der Waals surface area contributed by atoms with E-state index in [-0.39, 0.29) is 0 Å². The summed E-state index contributed by atoms with van der Waals surface area (Å²) in [6.07, 6.45) is 7.67. The van der Waals surface area contributed by atoms with Crippen molar-refractivity contribution in [1.29, 1.82) is 0 Å². The van der Waals surface area contributed by atoms with E-state index in [0.717, 1.165) is 28.0 Å². The van der Waals surface area contributed by atoms with E-state index in [9.17, 15) is 0 Å². The second-order valence-electron chi connectivity index (χ2n) is 4.50. The van der Waals surface area contributed by atoms with Crippen molar-refractivity contribution in [2.45, 2.75) is 0 Å². The molecule has 0 unspecified atom stereocenters. The van der Waals surface area contributed by atoms with Gasteiger partial charge in [-0.25, -0.2) is 0 Å². The molecule has 1 aliphatic rings. The van der Waals surface area contributed by atoms with Crippen LogP contribution >= 0.6 is 0 Å². The maximum absolute atomic E-state index is 4.45. The lowest BCUT2D eigenvalue weighted by Gasteiger charge is -2.10. The number of para-hydroxylation sites is 1. The van der Waals surface area contributed by atoms with Gasteiger partial charge in [-0.2, -0.15) is 0 Å². The molecular formula is C16H11N3. The monoisotopic (exact) mass is 245 g/mol. The number of nitrogens with one attached hydrogen (secondary N) is 1. The van der Waals surface area contributed by atoms with Crippen molar-refractivity contribution >= 4 is 34.6 Å². The highest BCUT2D eigenvalue weighted by atomic mass is 14.9. The van der Waals surface area contributed by atoms with E-state index in [0.29, 0.717) is 0 Å². The van der Waals surface area contributed by atoms with E-state index in [1.165, 1.54) is 5.56 Å². The first kappa shape index (κ1) is 10.3. The van der Waals surface area contributed by atoms with Crippen molar-refractivity contribution in [2.75, 3.05) is 5.32 Å². The summed E-state index contributed by atoms with van der Waals surface area (Å²) in [4.78, 5) is 8.79. The van der Waals surface area contributed by atoms with Gasteiger partial charge in [-0.1, -0.05) is 24.3 Å². The second-order valence-corrected chi connectivity index (χ2v) is 4.50. The molecular weight excluding hydrogens is 234 g/mol. The van der Waals surface area contributed by atoms with E-state index in [1.54, 1.807) is 12.4 Å². The number of benzene rings is 2. The molecule has 1 aromatic heterocycles. The Kier molecular flexibility index (Phi) is 2.12. The van der Waals surface area contributed by atoms with Crippen LogP contribution in [0, 0.1) is 0 Å². The fourth-order valence-corrected chi connectivity index (χ4v) is 2.41. The number of fused-ring (bicyclic) bond motifs is 4. The number of anilines is 2. The predicted octanol–water partition coefficient (Wildman–Crippen LogP) is 3.86. The van der Waals surface area contributed by atoms with Crippen molar-refractivity contribution in [3.8, 4) is 0 Å². The molecule has 0 fully saturated rings. The average Bonchev–Trinajstić information content (AvgIpc) is 2.66. The van der Waals surface area contributed by atoms with E-state index in [1.807, 2.05) is 18.2 Å². The van der Waals surface area contributed by atoms with Crippen LogP contribution in [0.5, 0.6) is 0 Å². The van der Waals surface area contributed by atoms with Gasteiger partial charge in [0.25, 0.3) is 0 Å². The van der Waals surface area contributed by atoms with Crippen LogP contribution in [-0.4, -0.2) is 9.97 Å². The molecule has 0 saturated carbocycles. The fraction of sp³-hybridized carbons (Fsp3) is 0. The molecule has 0 amide bonds. The SMILES string of the molecule is C1=Cc2c(ccc3nccnc23)Nc2ccccc21. The number of aromatic nitrogens is 2. The van der Waals surface area contributed by atoms with Gasteiger partial charge in [-0.3, -0.25) is 9.97 Å². The van der Waals surface area contributed by atoms with Gasteiger partial charge < -0.3 is 5.32 Å². The highest BCUT2D eigenvalue weighted by Crippen LogP contribution is 2.33. The lowest BCUT2D eigenvalue weighted by Crippen LogP contribution is -1.95. The molecule has 4 rings (SSSR count). The molecule has 2 heterocycles. The number of rotatable bonds is 0. The topological polar surface area (TPSA) is 37.8 Å². The average molecular weight is 245 g/mol. The Morgan fingerprint density at radius 3 is 2.68 bits per heavy atom. The zero-order valence-corrected chi connectivity index (χ0v) is 10.2. The third kappa shape index (κ3) is 1.59. The van der Waals surface area contributed by atoms with Crippen molar-refractivity contribution in [3.63, 3.8) is 0 Å². The predicted molar refractivity (Wildman–Crippen MR) is 78.2 cm³/mol. The van der Waals surface area contributed by atoms with Crippen molar-refractivity contribution < 1.29 is 0 Å². The summed E-state index contributed by atoms with van der Waals surface area (Å²) in [6, 6.07) is 12.3. The quantitative estimate of drug-likeness (QED) is 0.511. The van der Waals surface area contributed by atoms with Gasteiger partial charge >= 0.3 is 0 Å². The summed E-state index contributed by atoms with van der Waals surface area (Å²) >= 11 is 0. The number of hydrogen-bond donors (Lipinski definition) is 1. The maximum Gasteiger partial charge on any atom is 0.0979 e. The van der Waals surface area contributed by atoms with Crippen LogP contribution < -0.4 is 5.32 Å². The first-order valence-corrected chi connectivity index (χ1v) is 6.20. The third-order valence-electron chi connectivity index (χ3n) is 3.34. The normalized spacial score (nSPS) is 12.4. The van der Waals surface area contributed by atoms with Crippen LogP contribution in [-0.2, 0) is 0 Å². The molecule has 0 aliphatic carbocycles. The Hall–Kier alpha value is -2.68. The standard InChI is InChI=1S/C16H11N3/c1-2-4-13-11(3-1)5-6-12-14(19-13)7-8-15-16(12)18-10-9-17-15/h1-10,19H. The number of nitrogens with zero attached hydrogens (tertiary/aromatic N) is 2. The zero-order valence-electron chi connectivity index (χ0n) is 10.2. The molecule has 90 valence electrons. The van der Waals surface area contributed by atoms with E-state index in [2.05, 4.69) is 45.6 Å². The van der Waals surface area contributed by atoms with Gasteiger partial charge in [0.15, 0.2) is 0 Å². The molecule has 3 nitrogen and oxygen atoms in total. The minimum absolute atomic E-state index is 0.915. The first-order valence-electron chi connectivity index (χ1n) is 6.20. The van der Waals surface area contributed by atoms with Gasteiger partial charge in [0.05, 0.1) is 11.0 Å². The Bertz CT molecular complexity index is 806. The molecule has 0 spiro atoms. The van der Waals surface area contributed by atoms with Crippen LogP contribution in [0.2, 0.25) is 0 Å². The number of hydrogen-bond acceptors (Lipinski definition) is 3. The highest BCUT2D eigenvalue weighted by Gasteiger charge is 2.11. The molecule has 0 bridgehead atoms. The van der Waals surface area contributed by atoms with Gasteiger partial charge in [-0.15, -0.1) is 0 Å². The molecule has 2 aromatic carbocycles. The molecule has 0 radical (unpaired) electrons. The Morgan fingerprint density at radius 2 is 1.68 bits per heavy atom. The third-order valence-corrected chi connectivity index (χ3v) is 3.34. The minimum Gasteiger partial charge on any atom is -0.354 e. The summed E-state index contributed by atoms with van der Waals surface area (Å²) in [7, 11) is 0. The summed E-state index contributed by atoms with van der Waals surface area (Å²) in [5.41, 5.74) is 6.28.